The molecule has 50 heavy (non-hydrogen) atoms. The van der Waals surface area contributed by atoms with Gasteiger partial charge in [0.25, 0.3) is 0 Å². The Bertz CT molecular complexity index is 1420. The van der Waals surface area contributed by atoms with Gasteiger partial charge in [0.15, 0.2) is 0 Å². The molecular weight excluding hydrogens is 624 g/mol. The zero-order chi connectivity index (χ0) is 34.0. The van der Waals surface area contributed by atoms with Crippen molar-refractivity contribution in [3.63, 3.8) is 0 Å². The van der Waals surface area contributed by atoms with E-state index >= 15 is 0 Å². The highest BCUT2D eigenvalue weighted by Crippen LogP contribution is 2.60. The highest BCUT2D eigenvalue weighted by atomic mass is 16.5. The van der Waals surface area contributed by atoms with Crippen LogP contribution in [0.3, 0.4) is 0 Å². The van der Waals surface area contributed by atoms with Crippen molar-refractivity contribution in [1.82, 2.24) is 10.6 Å². The number of benzene rings is 3. The van der Waals surface area contributed by atoms with Crippen LogP contribution in [0.25, 0.3) is 0 Å². The molecular formula is C43H56N2O5. The minimum absolute atomic E-state index is 0.0556. The lowest BCUT2D eigenvalue weighted by Crippen LogP contribution is -2.48. The molecule has 7 heteroatoms. The third kappa shape index (κ3) is 9.42. The van der Waals surface area contributed by atoms with Gasteiger partial charge in [-0.25, -0.2) is 0 Å². The van der Waals surface area contributed by atoms with Crippen molar-refractivity contribution in [3.8, 4) is 0 Å². The summed E-state index contributed by atoms with van der Waals surface area (Å²) in [7, 11) is 0. The maximum absolute atomic E-state index is 13.8. The van der Waals surface area contributed by atoms with E-state index < -0.39 is 12.1 Å². The van der Waals surface area contributed by atoms with Crippen LogP contribution in [-0.2, 0) is 43.6 Å². The minimum atomic E-state index is -0.562. The Hall–Kier alpha value is -3.07. The smallest absolute Gasteiger partial charge is 0.239 e. The Morgan fingerprint density at radius 2 is 1.20 bits per heavy atom. The first-order valence-corrected chi connectivity index (χ1v) is 19.2. The fourth-order valence-electron chi connectivity index (χ4n) is 9.60. The van der Waals surface area contributed by atoms with E-state index in [4.69, 9.17) is 18.9 Å². The Kier molecular flexibility index (Phi) is 12.3. The van der Waals surface area contributed by atoms with Crippen molar-refractivity contribution < 1.29 is 23.7 Å². The van der Waals surface area contributed by atoms with E-state index in [0.29, 0.717) is 38.4 Å². The molecule has 1 saturated heterocycles. The van der Waals surface area contributed by atoms with Crippen LogP contribution in [0.2, 0.25) is 0 Å². The average molecular weight is 681 g/mol. The van der Waals surface area contributed by atoms with Gasteiger partial charge in [-0.2, -0.15) is 0 Å². The van der Waals surface area contributed by atoms with Crippen LogP contribution < -0.4 is 10.6 Å². The standard InChI is InChI=1S/C43H56N2O5/c46-42(44-19-11-4-12-20-47-31-43-24-35-21-36(25-43)23-37(22-35)26-43)39-41(50-29-34-17-9-3-10-18-34)40(49-28-33-15-7-2-8-16-33)38(45-39)30-48-27-32-13-5-1-6-14-32/h1-3,5-10,13-18,35-41,45H,4,11-12,19-31H2,(H,44,46)/t35?,36?,37?,38-,39+,40-,41-,43?/m0/s1. The van der Waals surface area contributed by atoms with Crippen LogP contribution in [0.15, 0.2) is 91.0 Å². The van der Waals surface area contributed by atoms with E-state index in [1.165, 1.54) is 38.5 Å². The maximum atomic E-state index is 13.8. The molecule has 4 aliphatic carbocycles. The molecule has 4 atom stereocenters. The number of unbranched alkanes of at least 4 members (excludes halogenated alkanes) is 2. The summed E-state index contributed by atoms with van der Waals surface area (Å²) in [6.07, 6.45) is 10.7. The Morgan fingerprint density at radius 3 is 1.78 bits per heavy atom. The van der Waals surface area contributed by atoms with Crippen LogP contribution in [0.4, 0.5) is 0 Å². The molecule has 1 heterocycles. The van der Waals surface area contributed by atoms with Gasteiger partial charge in [-0.15, -0.1) is 0 Å². The van der Waals surface area contributed by atoms with Gasteiger partial charge in [0, 0.05) is 13.2 Å². The molecule has 0 radical (unpaired) electrons. The van der Waals surface area contributed by atoms with Gasteiger partial charge in [0.1, 0.15) is 18.2 Å². The summed E-state index contributed by atoms with van der Waals surface area (Å²) < 4.78 is 25.6. The SMILES string of the molecule is O=C(NCCCCCOCC12CC3CC(CC(C3)C1)C2)[C@@H]1N[C@@H](COCc2ccccc2)[C@H](OCc2ccccc2)[C@H]1OCc1ccccc1. The predicted octanol–water partition coefficient (Wildman–Crippen LogP) is 7.23. The van der Waals surface area contributed by atoms with Crippen LogP contribution >= 0.6 is 0 Å². The van der Waals surface area contributed by atoms with Gasteiger partial charge < -0.3 is 24.3 Å². The van der Waals surface area contributed by atoms with Crippen molar-refractivity contribution in [1.29, 1.82) is 0 Å². The summed E-state index contributed by atoms with van der Waals surface area (Å²) in [6.45, 7) is 4.10. The van der Waals surface area contributed by atoms with Crippen molar-refractivity contribution in [3.05, 3.63) is 108 Å². The number of amides is 1. The number of nitrogens with one attached hydrogen (secondary N) is 2. The largest absolute Gasteiger partial charge is 0.381 e. The fraction of sp³-hybridized carbons (Fsp3) is 0.558. The molecule has 8 rings (SSSR count). The molecule has 3 aromatic rings. The van der Waals surface area contributed by atoms with Gasteiger partial charge >= 0.3 is 0 Å². The third-order valence-electron chi connectivity index (χ3n) is 11.5. The maximum Gasteiger partial charge on any atom is 0.239 e. The van der Waals surface area contributed by atoms with Crippen LogP contribution in [0.1, 0.15) is 74.5 Å². The van der Waals surface area contributed by atoms with Gasteiger partial charge in [-0.05, 0) is 97.6 Å². The molecule has 4 saturated carbocycles. The van der Waals surface area contributed by atoms with Crippen molar-refractivity contribution in [2.45, 2.75) is 102 Å². The van der Waals surface area contributed by atoms with Gasteiger partial charge in [0.05, 0.1) is 39.1 Å². The molecule has 0 spiro atoms. The lowest BCUT2D eigenvalue weighted by atomic mass is 9.50. The quantitative estimate of drug-likeness (QED) is 0.130. The third-order valence-corrected chi connectivity index (χ3v) is 11.5. The molecule has 4 bridgehead atoms. The summed E-state index contributed by atoms with van der Waals surface area (Å²) in [6, 6.07) is 29.6. The Balaban J connectivity index is 0.915. The molecule has 3 aromatic carbocycles. The van der Waals surface area contributed by atoms with Crippen LogP contribution in [0.5, 0.6) is 0 Å². The van der Waals surface area contributed by atoms with Crippen LogP contribution in [0, 0.1) is 23.2 Å². The van der Waals surface area contributed by atoms with Crippen molar-refractivity contribution in [2.24, 2.45) is 23.2 Å². The molecule has 1 amide bonds. The molecule has 268 valence electrons. The first-order chi connectivity index (χ1) is 24.6. The highest BCUT2D eigenvalue weighted by molar-refractivity contribution is 5.83. The lowest BCUT2D eigenvalue weighted by molar-refractivity contribution is -0.130. The molecule has 1 aliphatic heterocycles. The number of rotatable bonds is 19. The Morgan fingerprint density at radius 1 is 0.660 bits per heavy atom. The zero-order valence-corrected chi connectivity index (χ0v) is 29.6. The molecule has 5 fully saturated rings. The minimum Gasteiger partial charge on any atom is -0.381 e. The molecule has 0 aromatic heterocycles. The van der Waals surface area contributed by atoms with Gasteiger partial charge in [-0.1, -0.05) is 91.0 Å². The molecule has 7 nitrogen and oxygen atoms in total. The van der Waals surface area contributed by atoms with E-state index in [1.807, 2.05) is 66.7 Å². The van der Waals surface area contributed by atoms with E-state index in [-0.39, 0.29) is 18.1 Å². The number of carbonyl (C=O) groups is 1. The molecule has 2 N–H and O–H groups in total. The second-order valence-corrected chi connectivity index (χ2v) is 15.6. The van der Waals surface area contributed by atoms with Gasteiger partial charge in [-0.3, -0.25) is 10.1 Å². The monoisotopic (exact) mass is 680 g/mol. The normalized spacial score (nSPS) is 29.7. The van der Waals surface area contributed by atoms with Gasteiger partial charge in [0.2, 0.25) is 5.91 Å². The summed E-state index contributed by atoms with van der Waals surface area (Å²) in [5, 5.41) is 6.78. The summed E-state index contributed by atoms with van der Waals surface area (Å²) >= 11 is 0. The lowest BCUT2D eigenvalue weighted by Gasteiger charge is -2.56. The van der Waals surface area contributed by atoms with E-state index in [9.17, 15) is 4.79 Å². The average Bonchev–Trinajstić information content (AvgIpc) is 3.48. The van der Waals surface area contributed by atoms with Crippen molar-refractivity contribution in [2.75, 3.05) is 26.4 Å². The van der Waals surface area contributed by atoms with E-state index in [0.717, 1.165) is 66.9 Å². The number of carbonyl (C=O) groups excluding carboxylic acids is 1. The second-order valence-electron chi connectivity index (χ2n) is 15.6. The summed E-state index contributed by atoms with van der Waals surface area (Å²) in [5.74, 6) is 2.84. The number of ether oxygens (including phenoxy) is 4. The number of hydrogen-bond donors (Lipinski definition) is 2. The van der Waals surface area contributed by atoms with Crippen LogP contribution in [-0.4, -0.2) is 56.6 Å². The highest BCUT2D eigenvalue weighted by Gasteiger charge is 2.51. The first kappa shape index (κ1) is 35.3. The predicted molar refractivity (Wildman–Crippen MR) is 195 cm³/mol. The van der Waals surface area contributed by atoms with Crippen molar-refractivity contribution >= 4 is 5.91 Å². The zero-order valence-electron chi connectivity index (χ0n) is 29.6. The second kappa shape index (κ2) is 17.4. The summed E-state index contributed by atoms with van der Waals surface area (Å²) in [4.78, 5) is 13.8. The topological polar surface area (TPSA) is 78.1 Å². The first-order valence-electron chi connectivity index (χ1n) is 19.2. The summed E-state index contributed by atoms with van der Waals surface area (Å²) in [5.41, 5.74) is 3.72. The van der Waals surface area contributed by atoms with E-state index in [1.54, 1.807) is 0 Å². The Labute approximate surface area is 298 Å². The van der Waals surface area contributed by atoms with E-state index in [2.05, 4.69) is 34.9 Å². The number of hydrogen-bond acceptors (Lipinski definition) is 6. The fourth-order valence-corrected chi connectivity index (χ4v) is 9.60. The molecule has 5 aliphatic rings. The molecule has 0 unspecified atom stereocenters.